The highest BCUT2D eigenvalue weighted by Gasteiger charge is 2.33. The summed E-state index contributed by atoms with van der Waals surface area (Å²) in [5.41, 5.74) is 1.88. The van der Waals surface area contributed by atoms with E-state index in [9.17, 15) is 13.2 Å². The van der Waals surface area contributed by atoms with Gasteiger partial charge in [0.15, 0.2) is 0 Å². The van der Waals surface area contributed by atoms with Crippen molar-refractivity contribution in [3.05, 3.63) is 23.8 Å². The summed E-state index contributed by atoms with van der Waals surface area (Å²) < 4.78 is 40.5. The van der Waals surface area contributed by atoms with Crippen molar-refractivity contribution < 1.29 is 17.9 Å². The summed E-state index contributed by atoms with van der Waals surface area (Å²) in [6.07, 6.45) is 1.15. The Labute approximate surface area is 109 Å². The van der Waals surface area contributed by atoms with E-state index in [-0.39, 0.29) is 5.75 Å². The maximum Gasteiger partial charge on any atom is 0.573 e. The highest BCUT2D eigenvalue weighted by molar-refractivity contribution is 5.59. The predicted molar refractivity (Wildman–Crippen MR) is 66.2 cm³/mol. The number of fused-ring (bicyclic) bond motifs is 1. The Morgan fingerprint density at radius 2 is 1.89 bits per heavy atom. The van der Waals surface area contributed by atoms with Gasteiger partial charge in [0.05, 0.1) is 0 Å². The number of hydrogen-bond acceptors (Lipinski definition) is 2. The fourth-order valence-corrected chi connectivity index (χ4v) is 3.21. The van der Waals surface area contributed by atoms with E-state index in [1.165, 1.54) is 37.8 Å². The number of hydrogen-bond donors (Lipinski definition) is 1. The number of ether oxygens (including phenoxy) is 1. The molecule has 1 unspecified atom stereocenters. The lowest BCUT2D eigenvalue weighted by Crippen LogP contribution is -2.24. The molecular weight excluding hydrogens is 255 g/mol. The van der Waals surface area contributed by atoms with Gasteiger partial charge in [-0.05, 0) is 48.9 Å². The largest absolute Gasteiger partial charge is 0.573 e. The Morgan fingerprint density at radius 3 is 2.58 bits per heavy atom. The normalized spacial score (nSPS) is 23.2. The first-order valence-electron chi connectivity index (χ1n) is 6.66. The van der Waals surface area contributed by atoms with Gasteiger partial charge in [0.1, 0.15) is 5.75 Å². The maximum atomic E-state index is 12.2. The van der Waals surface area contributed by atoms with Crippen molar-refractivity contribution in [2.45, 2.75) is 44.5 Å². The second-order valence-corrected chi connectivity index (χ2v) is 5.37. The molecule has 19 heavy (non-hydrogen) atoms. The van der Waals surface area contributed by atoms with Gasteiger partial charge >= 0.3 is 6.36 Å². The van der Waals surface area contributed by atoms with Gasteiger partial charge in [0.25, 0.3) is 0 Å². The summed E-state index contributed by atoms with van der Waals surface area (Å²) >= 11 is 0. The van der Waals surface area contributed by atoms with E-state index in [0.717, 1.165) is 17.7 Å². The zero-order valence-corrected chi connectivity index (χ0v) is 10.5. The fourth-order valence-electron chi connectivity index (χ4n) is 3.21. The molecule has 5 heteroatoms. The molecule has 1 heterocycles. The first kappa shape index (κ1) is 12.6. The molecule has 1 N–H and O–H groups in total. The minimum absolute atomic E-state index is 0.125. The molecule has 104 valence electrons. The van der Waals surface area contributed by atoms with Crippen LogP contribution in [0.4, 0.5) is 18.9 Å². The van der Waals surface area contributed by atoms with E-state index in [0.29, 0.717) is 12.0 Å². The average Bonchev–Trinajstić information content (AvgIpc) is 2.94. The lowest BCUT2D eigenvalue weighted by Gasteiger charge is -2.18. The minimum Gasteiger partial charge on any atom is -0.406 e. The molecule has 2 nitrogen and oxygen atoms in total. The lowest BCUT2D eigenvalue weighted by atomic mass is 9.95. The second-order valence-electron chi connectivity index (χ2n) is 5.37. The van der Waals surface area contributed by atoms with Gasteiger partial charge in [0.2, 0.25) is 0 Å². The van der Waals surface area contributed by atoms with Crippen LogP contribution in [0.3, 0.4) is 0 Å². The number of benzene rings is 1. The van der Waals surface area contributed by atoms with E-state index in [4.69, 9.17) is 0 Å². The molecule has 2 aliphatic rings. The van der Waals surface area contributed by atoms with Gasteiger partial charge < -0.3 is 10.1 Å². The Kier molecular flexibility index (Phi) is 3.07. The number of halogens is 3. The molecule has 1 aromatic rings. The van der Waals surface area contributed by atoms with Crippen molar-refractivity contribution in [3.8, 4) is 5.75 Å². The second kappa shape index (κ2) is 4.62. The fraction of sp³-hybridized carbons (Fsp3) is 0.571. The Bertz CT molecular complexity index is 466. The van der Waals surface area contributed by atoms with Gasteiger partial charge in [0, 0.05) is 11.7 Å². The summed E-state index contributed by atoms with van der Waals surface area (Å²) in [6, 6.07) is 4.94. The van der Waals surface area contributed by atoms with Gasteiger partial charge in [-0.3, -0.25) is 0 Å². The summed E-state index contributed by atoms with van der Waals surface area (Å²) in [4.78, 5) is 0. The zero-order valence-electron chi connectivity index (χ0n) is 10.5. The third kappa shape index (κ3) is 2.80. The molecule has 1 aliphatic heterocycles. The molecule has 1 saturated carbocycles. The molecule has 0 spiro atoms. The summed E-state index contributed by atoms with van der Waals surface area (Å²) in [5, 5.41) is 3.43. The molecule has 1 aliphatic carbocycles. The quantitative estimate of drug-likeness (QED) is 0.874. The van der Waals surface area contributed by atoms with Crippen LogP contribution in [0.5, 0.6) is 5.75 Å². The molecule has 0 bridgehead atoms. The molecule has 3 rings (SSSR count). The third-order valence-electron chi connectivity index (χ3n) is 4.06. The lowest BCUT2D eigenvalue weighted by molar-refractivity contribution is -0.274. The van der Waals surface area contributed by atoms with Crippen molar-refractivity contribution in [1.82, 2.24) is 0 Å². The van der Waals surface area contributed by atoms with E-state index >= 15 is 0 Å². The highest BCUT2D eigenvalue weighted by Crippen LogP contribution is 2.38. The average molecular weight is 271 g/mol. The van der Waals surface area contributed by atoms with Crippen LogP contribution < -0.4 is 10.1 Å². The third-order valence-corrected chi connectivity index (χ3v) is 4.06. The smallest absolute Gasteiger partial charge is 0.406 e. The summed E-state index contributed by atoms with van der Waals surface area (Å²) in [7, 11) is 0. The number of anilines is 1. The van der Waals surface area contributed by atoms with Crippen LogP contribution >= 0.6 is 0 Å². The van der Waals surface area contributed by atoms with Gasteiger partial charge in [-0.25, -0.2) is 0 Å². The Balaban J connectivity index is 1.72. The molecule has 0 saturated heterocycles. The number of alkyl halides is 3. The number of nitrogens with one attached hydrogen (secondary N) is 1. The van der Waals surface area contributed by atoms with Crippen molar-refractivity contribution >= 4 is 5.69 Å². The molecule has 0 amide bonds. The first-order chi connectivity index (χ1) is 9.01. The Morgan fingerprint density at radius 1 is 1.16 bits per heavy atom. The first-order valence-corrected chi connectivity index (χ1v) is 6.66. The van der Waals surface area contributed by atoms with Gasteiger partial charge in [-0.1, -0.05) is 12.8 Å². The number of rotatable bonds is 2. The maximum absolute atomic E-state index is 12.2. The van der Waals surface area contributed by atoms with Crippen molar-refractivity contribution in [1.29, 1.82) is 0 Å². The van der Waals surface area contributed by atoms with Gasteiger partial charge in [-0.15, -0.1) is 13.2 Å². The topological polar surface area (TPSA) is 21.3 Å². The minimum atomic E-state index is -4.62. The van der Waals surface area contributed by atoms with Crippen LogP contribution in [0.1, 0.15) is 31.2 Å². The van der Waals surface area contributed by atoms with Crippen LogP contribution in [-0.2, 0) is 6.42 Å². The molecule has 0 radical (unpaired) electrons. The van der Waals surface area contributed by atoms with E-state index < -0.39 is 6.36 Å². The van der Waals surface area contributed by atoms with Crippen LogP contribution in [0.25, 0.3) is 0 Å². The predicted octanol–water partition coefficient (Wildman–Crippen LogP) is 4.11. The monoisotopic (exact) mass is 271 g/mol. The molecule has 1 atom stereocenters. The SMILES string of the molecule is FC(F)(F)Oc1ccc2c(c1)CC(C1CCCC1)N2. The van der Waals surface area contributed by atoms with Crippen LogP contribution in [0.2, 0.25) is 0 Å². The zero-order chi connectivity index (χ0) is 13.5. The van der Waals surface area contributed by atoms with Crippen LogP contribution in [0, 0.1) is 5.92 Å². The van der Waals surface area contributed by atoms with Crippen molar-refractivity contribution in [2.75, 3.05) is 5.32 Å². The Hall–Kier alpha value is -1.39. The van der Waals surface area contributed by atoms with E-state index in [2.05, 4.69) is 10.1 Å². The standard InChI is InChI=1S/C14H16F3NO/c15-14(16,17)19-11-5-6-12-10(7-11)8-13(18-12)9-3-1-2-4-9/h5-7,9,13,18H,1-4,8H2. The van der Waals surface area contributed by atoms with Crippen LogP contribution in [-0.4, -0.2) is 12.4 Å². The van der Waals surface area contributed by atoms with E-state index in [1.54, 1.807) is 6.07 Å². The van der Waals surface area contributed by atoms with Crippen LogP contribution in [0.15, 0.2) is 18.2 Å². The molecule has 1 fully saturated rings. The van der Waals surface area contributed by atoms with Gasteiger partial charge in [-0.2, -0.15) is 0 Å². The molecule has 1 aromatic carbocycles. The summed E-state index contributed by atoms with van der Waals surface area (Å²) in [6.45, 7) is 0. The molecule has 0 aromatic heterocycles. The highest BCUT2D eigenvalue weighted by atomic mass is 19.4. The van der Waals surface area contributed by atoms with E-state index in [1.807, 2.05) is 0 Å². The van der Waals surface area contributed by atoms with Crippen molar-refractivity contribution in [3.63, 3.8) is 0 Å². The van der Waals surface area contributed by atoms with Crippen molar-refractivity contribution in [2.24, 2.45) is 5.92 Å². The summed E-state index contributed by atoms with van der Waals surface area (Å²) in [5.74, 6) is 0.527. The molecular formula is C14H16F3NO.